The number of nitro benzene ring substituents is 1. The van der Waals surface area contributed by atoms with Gasteiger partial charge in [0.1, 0.15) is 12.3 Å². The number of benzene rings is 1. The van der Waals surface area contributed by atoms with Gasteiger partial charge in [-0.05, 0) is 25.5 Å². The Morgan fingerprint density at radius 1 is 1.50 bits per heavy atom. The third-order valence-corrected chi connectivity index (χ3v) is 2.32. The minimum atomic E-state index is -0.414. The fourth-order valence-electron chi connectivity index (χ4n) is 1.46. The molecule has 0 saturated carbocycles. The number of nitro groups is 1. The van der Waals surface area contributed by atoms with Gasteiger partial charge in [-0.3, -0.25) is 10.1 Å². The van der Waals surface area contributed by atoms with E-state index in [0.717, 1.165) is 6.42 Å². The highest BCUT2D eigenvalue weighted by molar-refractivity contribution is 5.68. The van der Waals surface area contributed by atoms with Crippen molar-refractivity contribution < 1.29 is 9.66 Å². The van der Waals surface area contributed by atoms with Gasteiger partial charge < -0.3 is 10.1 Å². The van der Waals surface area contributed by atoms with Crippen LogP contribution in [0.1, 0.15) is 20.3 Å². The van der Waals surface area contributed by atoms with Gasteiger partial charge in [0.15, 0.2) is 5.75 Å². The molecule has 1 N–H and O–H groups in total. The first kappa shape index (κ1) is 14.0. The van der Waals surface area contributed by atoms with Gasteiger partial charge in [0, 0.05) is 6.54 Å². The molecule has 18 heavy (non-hydrogen) atoms. The second kappa shape index (κ2) is 7.32. The third kappa shape index (κ3) is 3.76. The van der Waals surface area contributed by atoms with Gasteiger partial charge >= 0.3 is 5.69 Å². The van der Waals surface area contributed by atoms with Crippen LogP contribution in [0.3, 0.4) is 0 Å². The summed E-state index contributed by atoms with van der Waals surface area (Å²) in [5.41, 5.74) is 0.496. The van der Waals surface area contributed by atoms with Gasteiger partial charge in [-0.2, -0.15) is 0 Å². The number of para-hydroxylation sites is 1. The number of anilines is 1. The van der Waals surface area contributed by atoms with Crippen LogP contribution in [0.15, 0.2) is 30.4 Å². The van der Waals surface area contributed by atoms with Crippen molar-refractivity contribution in [1.29, 1.82) is 0 Å². The van der Waals surface area contributed by atoms with Crippen LogP contribution in [0.4, 0.5) is 11.4 Å². The van der Waals surface area contributed by atoms with Crippen molar-refractivity contribution in [1.82, 2.24) is 0 Å². The van der Waals surface area contributed by atoms with Gasteiger partial charge in [0.05, 0.1) is 4.92 Å². The monoisotopic (exact) mass is 250 g/mol. The number of hydrogen-bond donors (Lipinski definition) is 1. The predicted octanol–water partition coefficient (Wildman–Crippen LogP) is 3.37. The predicted molar refractivity (Wildman–Crippen MR) is 72.2 cm³/mol. The van der Waals surface area contributed by atoms with E-state index in [1.165, 1.54) is 0 Å². The molecule has 0 radical (unpaired) electrons. The van der Waals surface area contributed by atoms with E-state index < -0.39 is 4.92 Å². The van der Waals surface area contributed by atoms with Gasteiger partial charge in [-0.15, -0.1) is 0 Å². The quantitative estimate of drug-likeness (QED) is 0.458. The average molecular weight is 250 g/mol. The highest BCUT2D eigenvalue weighted by Crippen LogP contribution is 2.34. The zero-order valence-electron chi connectivity index (χ0n) is 10.7. The lowest BCUT2D eigenvalue weighted by Gasteiger charge is -2.09. The van der Waals surface area contributed by atoms with Crippen LogP contribution >= 0.6 is 0 Å². The second-order valence-corrected chi connectivity index (χ2v) is 3.72. The van der Waals surface area contributed by atoms with Gasteiger partial charge in [0.25, 0.3) is 0 Å². The molecule has 0 bridgehead atoms. The van der Waals surface area contributed by atoms with Crippen LogP contribution in [-0.4, -0.2) is 18.1 Å². The van der Waals surface area contributed by atoms with E-state index in [2.05, 4.69) is 5.32 Å². The Bertz CT molecular complexity index is 430. The van der Waals surface area contributed by atoms with Crippen molar-refractivity contribution in [3.63, 3.8) is 0 Å². The van der Waals surface area contributed by atoms with E-state index in [0.29, 0.717) is 24.6 Å². The van der Waals surface area contributed by atoms with Crippen LogP contribution in [0.25, 0.3) is 0 Å². The number of allylic oxidation sites excluding steroid dienone is 1. The summed E-state index contributed by atoms with van der Waals surface area (Å²) in [5.74, 6) is 0.291. The maximum Gasteiger partial charge on any atom is 0.333 e. The highest BCUT2D eigenvalue weighted by Gasteiger charge is 2.20. The molecule has 1 rings (SSSR count). The van der Waals surface area contributed by atoms with E-state index in [1.807, 2.05) is 19.9 Å². The van der Waals surface area contributed by atoms with E-state index in [-0.39, 0.29) is 5.69 Å². The van der Waals surface area contributed by atoms with Crippen molar-refractivity contribution in [3.8, 4) is 5.75 Å². The Balaban J connectivity index is 2.97. The second-order valence-electron chi connectivity index (χ2n) is 3.72. The molecule has 0 heterocycles. The molecular formula is C13H18N2O3. The Morgan fingerprint density at radius 3 is 2.89 bits per heavy atom. The molecule has 0 amide bonds. The summed E-state index contributed by atoms with van der Waals surface area (Å²) in [5, 5.41) is 14.1. The normalized spacial score (nSPS) is 10.6. The maximum absolute atomic E-state index is 11.1. The smallest absolute Gasteiger partial charge is 0.333 e. The highest BCUT2D eigenvalue weighted by atomic mass is 16.6. The van der Waals surface area contributed by atoms with Crippen molar-refractivity contribution in [3.05, 3.63) is 40.5 Å². The van der Waals surface area contributed by atoms with Crippen molar-refractivity contribution in [2.75, 3.05) is 18.5 Å². The first-order chi connectivity index (χ1) is 8.70. The summed E-state index contributed by atoms with van der Waals surface area (Å²) >= 11 is 0. The summed E-state index contributed by atoms with van der Waals surface area (Å²) in [6.07, 6.45) is 4.54. The van der Waals surface area contributed by atoms with Crippen LogP contribution in [0.5, 0.6) is 5.75 Å². The summed E-state index contributed by atoms with van der Waals surface area (Å²) in [6, 6.07) is 5.05. The lowest BCUT2D eigenvalue weighted by molar-refractivity contribution is -0.384. The van der Waals surface area contributed by atoms with Crippen LogP contribution < -0.4 is 10.1 Å². The fraction of sp³-hybridized carbons (Fsp3) is 0.385. The maximum atomic E-state index is 11.1. The fourth-order valence-corrected chi connectivity index (χ4v) is 1.46. The lowest BCUT2D eigenvalue weighted by atomic mass is 10.2. The van der Waals surface area contributed by atoms with Crippen molar-refractivity contribution in [2.45, 2.75) is 20.3 Å². The third-order valence-electron chi connectivity index (χ3n) is 2.32. The van der Waals surface area contributed by atoms with E-state index in [4.69, 9.17) is 4.74 Å². The van der Waals surface area contributed by atoms with Gasteiger partial charge in [0.2, 0.25) is 0 Å². The minimum Gasteiger partial charge on any atom is -0.483 e. The first-order valence-corrected chi connectivity index (χ1v) is 5.96. The standard InChI is InChI=1S/C13H18N2O3/c1-3-5-10-18-12-8-6-7-11(14-9-4-2)13(12)15(16)17/h3,5-8,14H,4,9-10H2,1-2H3/b5-3+. The molecule has 5 heteroatoms. The number of nitrogens with zero attached hydrogens (tertiary/aromatic N) is 1. The number of nitrogens with one attached hydrogen (secondary N) is 1. The van der Waals surface area contributed by atoms with Crippen LogP contribution in [0, 0.1) is 10.1 Å². The Hall–Kier alpha value is -2.04. The minimum absolute atomic E-state index is 0.00421. The first-order valence-electron chi connectivity index (χ1n) is 5.96. The summed E-state index contributed by atoms with van der Waals surface area (Å²) in [4.78, 5) is 10.7. The summed E-state index contributed by atoms with van der Waals surface area (Å²) < 4.78 is 5.39. The molecule has 0 aliphatic heterocycles. The largest absolute Gasteiger partial charge is 0.483 e. The summed E-state index contributed by atoms with van der Waals surface area (Å²) in [6.45, 7) is 4.90. The molecule has 0 fully saturated rings. The molecule has 0 aliphatic rings. The molecular weight excluding hydrogens is 232 g/mol. The van der Waals surface area contributed by atoms with E-state index >= 15 is 0 Å². The SMILES string of the molecule is C/C=C/COc1cccc(NCCC)c1[N+](=O)[O-]. The topological polar surface area (TPSA) is 64.4 Å². The molecule has 0 unspecified atom stereocenters. The van der Waals surface area contributed by atoms with Crippen molar-refractivity contribution in [2.24, 2.45) is 0 Å². The molecule has 0 aliphatic carbocycles. The molecule has 1 aromatic carbocycles. The zero-order chi connectivity index (χ0) is 13.4. The van der Waals surface area contributed by atoms with Crippen LogP contribution in [0.2, 0.25) is 0 Å². The molecule has 0 spiro atoms. The summed E-state index contributed by atoms with van der Waals surface area (Å²) in [7, 11) is 0. The number of rotatable bonds is 7. The molecule has 0 saturated heterocycles. The molecule has 1 aromatic rings. The Labute approximate surface area is 107 Å². The van der Waals surface area contributed by atoms with E-state index in [1.54, 1.807) is 24.3 Å². The van der Waals surface area contributed by atoms with Crippen molar-refractivity contribution >= 4 is 11.4 Å². The van der Waals surface area contributed by atoms with Gasteiger partial charge in [-0.25, -0.2) is 0 Å². The Morgan fingerprint density at radius 2 is 2.28 bits per heavy atom. The lowest BCUT2D eigenvalue weighted by Crippen LogP contribution is -2.05. The molecule has 98 valence electrons. The van der Waals surface area contributed by atoms with E-state index in [9.17, 15) is 10.1 Å². The molecule has 0 atom stereocenters. The molecule has 5 nitrogen and oxygen atoms in total. The molecule has 0 aromatic heterocycles. The Kier molecular flexibility index (Phi) is 5.70. The zero-order valence-corrected chi connectivity index (χ0v) is 10.7. The van der Waals surface area contributed by atoms with Gasteiger partial charge in [-0.1, -0.05) is 25.1 Å². The average Bonchev–Trinajstić information content (AvgIpc) is 2.36. The van der Waals surface area contributed by atoms with Crippen LogP contribution in [-0.2, 0) is 0 Å². The number of hydrogen-bond acceptors (Lipinski definition) is 4. The number of ether oxygens (including phenoxy) is 1.